The van der Waals surface area contributed by atoms with Crippen LogP contribution >= 0.6 is 0 Å². The first-order valence-electron chi connectivity index (χ1n) is 7.12. The summed E-state index contributed by atoms with van der Waals surface area (Å²) in [6, 6.07) is 0.488. The van der Waals surface area contributed by atoms with Crippen LogP contribution < -0.4 is 5.73 Å². The third-order valence-electron chi connectivity index (χ3n) is 4.55. The van der Waals surface area contributed by atoms with Gasteiger partial charge in [0.05, 0.1) is 12.2 Å². The van der Waals surface area contributed by atoms with Gasteiger partial charge in [0.2, 0.25) is 0 Å². The summed E-state index contributed by atoms with van der Waals surface area (Å²) < 4.78 is 2.16. The fraction of sp³-hybridized carbons (Fsp3) is 0.800. The van der Waals surface area contributed by atoms with E-state index in [4.69, 9.17) is 5.73 Å². The number of hydrogen-bond donors (Lipinski definition) is 1. The van der Waals surface area contributed by atoms with Crippen molar-refractivity contribution in [2.45, 2.75) is 53.0 Å². The number of rotatable bonds is 2. The van der Waals surface area contributed by atoms with Crippen LogP contribution in [0.15, 0.2) is 12.4 Å². The van der Waals surface area contributed by atoms with E-state index in [-0.39, 0.29) is 0 Å². The van der Waals surface area contributed by atoms with Gasteiger partial charge in [-0.1, -0.05) is 20.8 Å². The van der Waals surface area contributed by atoms with Gasteiger partial charge in [-0.3, -0.25) is 4.68 Å². The third kappa shape index (κ3) is 2.77. The van der Waals surface area contributed by atoms with Gasteiger partial charge in [0.1, 0.15) is 0 Å². The molecule has 18 heavy (non-hydrogen) atoms. The normalized spacial score (nSPS) is 29.5. The van der Waals surface area contributed by atoms with Gasteiger partial charge in [0.25, 0.3) is 0 Å². The van der Waals surface area contributed by atoms with Gasteiger partial charge in [-0.2, -0.15) is 5.10 Å². The zero-order valence-electron chi connectivity index (χ0n) is 12.2. The first-order valence-corrected chi connectivity index (χ1v) is 7.12. The fourth-order valence-electron chi connectivity index (χ4n) is 3.21. The number of aryl methyl sites for hydroxylation is 1. The lowest BCUT2D eigenvalue weighted by Crippen LogP contribution is -2.36. The van der Waals surface area contributed by atoms with Crippen molar-refractivity contribution in [1.82, 2.24) is 9.78 Å². The Kier molecular flexibility index (Phi) is 3.81. The van der Waals surface area contributed by atoms with Gasteiger partial charge >= 0.3 is 0 Å². The maximum atomic E-state index is 5.95. The molecule has 0 spiro atoms. The zero-order chi connectivity index (χ0) is 13.3. The van der Waals surface area contributed by atoms with E-state index >= 15 is 0 Å². The van der Waals surface area contributed by atoms with Crippen molar-refractivity contribution in [2.75, 3.05) is 6.54 Å². The molecule has 0 amide bonds. The number of aromatic nitrogens is 2. The monoisotopic (exact) mass is 249 g/mol. The average molecular weight is 249 g/mol. The summed E-state index contributed by atoms with van der Waals surface area (Å²) in [5.41, 5.74) is 7.58. The van der Waals surface area contributed by atoms with E-state index in [1.54, 1.807) is 0 Å². The van der Waals surface area contributed by atoms with Crippen molar-refractivity contribution < 1.29 is 0 Å². The van der Waals surface area contributed by atoms with E-state index in [0.717, 1.165) is 12.5 Å². The van der Waals surface area contributed by atoms with E-state index in [1.807, 2.05) is 6.20 Å². The molecule has 102 valence electrons. The number of nitrogens with two attached hydrogens (primary N) is 1. The molecule has 1 aromatic rings. The van der Waals surface area contributed by atoms with E-state index in [9.17, 15) is 0 Å². The first-order chi connectivity index (χ1) is 8.41. The molecule has 0 saturated heterocycles. The van der Waals surface area contributed by atoms with Crippen LogP contribution in [0.25, 0.3) is 0 Å². The SMILES string of the molecule is Cc1cnn(C2CC(C(C)(C)C)CCC2CN)c1. The average Bonchev–Trinajstić information content (AvgIpc) is 2.73. The minimum absolute atomic E-state index is 0.389. The van der Waals surface area contributed by atoms with Crippen LogP contribution in [-0.2, 0) is 0 Å². The molecule has 2 rings (SSSR count). The van der Waals surface area contributed by atoms with Gasteiger partial charge in [0, 0.05) is 6.20 Å². The summed E-state index contributed by atoms with van der Waals surface area (Å²) in [7, 11) is 0. The zero-order valence-corrected chi connectivity index (χ0v) is 12.2. The largest absolute Gasteiger partial charge is 0.330 e. The minimum Gasteiger partial charge on any atom is -0.330 e. The van der Waals surface area contributed by atoms with E-state index < -0.39 is 0 Å². The van der Waals surface area contributed by atoms with Crippen LogP contribution in [-0.4, -0.2) is 16.3 Å². The van der Waals surface area contributed by atoms with E-state index in [0.29, 0.717) is 17.4 Å². The van der Waals surface area contributed by atoms with Crippen molar-refractivity contribution in [1.29, 1.82) is 0 Å². The molecule has 1 saturated carbocycles. The van der Waals surface area contributed by atoms with Gasteiger partial charge in [-0.25, -0.2) is 0 Å². The second kappa shape index (κ2) is 5.04. The predicted octanol–water partition coefficient (Wildman–Crippen LogP) is 3.15. The molecule has 3 heteroatoms. The van der Waals surface area contributed by atoms with Crippen LogP contribution in [0.4, 0.5) is 0 Å². The Morgan fingerprint density at radius 1 is 1.39 bits per heavy atom. The van der Waals surface area contributed by atoms with Gasteiger partial charge < -0.3 is 5.73 Å². The van der Waals surface area contributed by atoms with E-state index in [1.165, 1.54) is 24.8 Å². The van der Waals surface area contributed by atoms with Crippen LogP contribution in [0.3, 0.4) is 0 Å². The molecule has 3 nitrogen and oxygen atoms in total. The minimum atomic E-state index is 0.389. The van der Waals surface area contributed by atoms with Crippen molar-refractivity contribution >= 4 is 0 Å². The van der Waals surface area contributed by atoms with Crippen molar-refractivity contribution in [3.05, 3.63) is 18.0 Å². The molecule has 1 aromatic heterocycles. The molecule has 0 aliphatic heterocycles. The van der Waals surface area contributed by atoms with E-state index in [2.05, 4.69) is 43.7 Å². The smallest absolute Gasteiger partial charge is 0.0562 e. The lowest BCUT2D eigenvalue weighted by Gasteiger charge is -2.41. The highest BCUT2D eigenvalue weighted by Crippen LogP contribution is 2.44. The van der Waals surface area contributed by atoms with Gasteiger partial charge in [-0.05, 0) is 55.5 Å². The molecule has 1 aliphatic carbocycles. The molecule has 1 aliphatic rings. The molecule has 0 radical (unpaired) electrons. The van der Waals surface area contributed by atoms with Crippen LogP contribution in [0.2, 0.25) is 0 Å². The van der Waals surface area contributed by atoms with Gasteiger partial charge in [-0.15, -0.1) is 0 Å². The Morgan fingerprint density at radius 3 is 2.61 bits per heavy atom. The topological polar surface area (TPSA) is 43.8 Å². The number of nitrogens with zero attached hydrogens (tertiary/aromatic N) is 2. The molecule has 0 bridgehead atoms. The fourth-order valence-corrected chi connectivity index (χ4v) is 3.21. The predicted molar refractivity (Wildman–Crippen MR) is 75.3 cm³/mol. The second-order valence-electron chi connectivity index (χ2n) is 6.94. The molecule has 3 atom stereocenters. The van der Waals surface area contributed by atoms with Gasteiger partial charge in [0.15, 0.2) is 0 Å². The molecule has 2 N–H and O–H groups in total. The summed E-state index contributed by atoms with van der Waals surface area (Å²) in [6.07, 6.45) is 7.88. The highest BCUT2D eigenvalue weighted by Gasteiger charge is 2.36. The first kappa shape index (κ1) is 13.6. The van der Waals surface area contributed by atoms with Crippen molar-refractivity contribution in [3.8, 4) is 0 Å². The summed E-state index contributed by atoms with van der Waals surface area (Å²) in [6.45, 7) is 9.94. The maximum absolute atomic E-state index is 5.95. The Morgan fingerprint density at radius 2 is 2.11 bits per heavy atom. The molecular weight excluding hydrogens is 222 g/mol. The Hall–Kier alpha value is -0.830. The van der Waals surface area contributed by atoms with Crippen LogP contribution in [0, 0.1) is 24.2 Å². The maximum Gasteiger partial charge on any atom is 0.0562 e. The summed E-state index contributed by atoms with van der Waals surface area (Å²) in [5.74, 6) is 1.36. The molecular formula is C15H27N3. The Labute approximate surface area is 111 Å². The lowest BCUT2D eigenvalue weighted by atomic mass is 9.68. The standard InChI is InChI=1S/C15H27N3/c1-11-9-17-18(10-11)14-7-13(15(2,3)4)6-5-12(14)8-16/h9-10,12-14H,5-8,16H2,1-4H3. The summed E-state index contributed by atoms with van der Waals surface area (Å²) in [4.78, 5) is 0. The Balaban J connectivity index is 2.18. The molecule has 1 fully saturated rings. The molecule has 3 unspecified atom stereocenters. The third-order valence-corrected chi connectivity index (χ3v) is 4.55. The lowest BCUT2D eigenvalue weighted by molar-refractivity contribution is 0.0995. The molecule has 1 heterocycles. The molecule has 0 aromatic carbocycles. The van der Waals surface area contributed by atoms with Crippen LogP contribution in [0.5, 0.6) is 0 Å². The highest BCUT2D eigenvalue weighted by atomic mass is 15.3. The van der Waals surface area contributed by atoms with Crippen molar-refractivity contribution in [3.63, 3.8) is 0 Å². The van der Waals surface area contributed by atoms with Crippen LogP contribution in [0.1, 0.15) is 51.6 Å². The number of hydrogen-bond acceptors (Lipinski definition) is 2. The Bertz CT molecular complexity index is 389. The second-order valence-corrected chi connectivity index (χ2v) is 6.94. The summed E-state index contributed by atoms with van der Waals surface area (Å²) in [5, 5.41) is 4.52. The quantitative estimate of drug-likeness (QED) is 0.875. The highest BCUT2D eigenvalue weighted by molar-refractivity contribution is 5.02. The summed E-state index contributed by atoms with van der Waals surface area (Å²) >= 11 is 0. The van der Waals surface area contributed by atoms with Crippen molar-refractivity contribution in [2.24, 2.45) is 23.0 Å².